The molecule has 2 fully saturated rings. The number of benzene rings is 3. The van der Waals surface area contributed by atoms with Gasteiger partial charge in [0.25, 0.3) is 0 Å². The maximum absolute atomic E-state index is 13.2. The molecule has 4 nitrogen and oxygen atoms in total. The van der Waals surface area contributed by atoms with Crippen LogP contribution in [-0.4, -0.2) is 42.3 Å². The van der Waals surface area contributed by atoms with E-state index in [0.29, 0.717) is 41.1 Å². The fourth-order valence-electron chi connectivity index (χ4n) is 5.55. The summed E-state index contributed by atoms with van der Waals surface area (Å²) in [6, 6.07) is 21.8. The fraction of sp³-hybridized carbons (Fsp3) is 0.321. The lowest BCUT2D eigenvalue weighted by Gasteiger charge is -2.32. The molecule has 1 aliphatic carbocycles. The highest BCUT2D eigenvalue weighted by Crippen LogP contribution is 2.54. The number of carbonyl (C=O) groups excluding carboxylic acids is 1. The first-order valence-electron chi connectivity index (χ1n) is 11.5. The summed E-state index contributed by atoms with van der Waals surface area (Å²) in [5.74, 6) is 1.09. The number of likely N-dealkylation sites (tertiary alicyclic amines) is 1. The van der Waals surface area contributed by atoms with E-state index in [-0.39, 0.29) is 24.0 Å². The number of ether oxygens (including phenoxy) is 1. The van der Waals surface area contributed by atoms with Crippen LogP contribution in [0.4, 0.5) is 4.39 Å². The molecule has 2 aliphatic rings. The van der Waals surface area contributed by atoms with Gasteiger partial charge in [-0.25, -0.2) is 4.39 Å². The zero-order valence-electron chi connectivity index (χ0n) is 18.8. The number of hydrogen-bond acceptors (Lipinski definition) is 3. The molecule has 3 aromatic carbocycles. The number of phenols is 1. The minimum Gasteiger partial charge on any atom is -0.507 e. The molecule has 1 saturated heterocycles. The Morgan fingerprint density at radius 2 is 1.70 bits per heavy atom. The third-order valence-corrected chi connectivity index (χ3v) is 7.27. The summed E-state index contributed by atoms with van der Waals surface area (Å²) in [7, 11) is 2.32. The number of quaternary nitrogens is 1. The average Bonchev–Trinajstić information content (AvgIpc) is 3.29. The molecular formula is C28H29FNO3+. The number of para-hydroxylation sites is 1. The van der Waals surface area contributed by atoms with E-state index in [1.54, 1.807) is 30.3 Å². The molecule has 1 saturated carbocycles. The highest BCUT2D eigenvalue weighted by Gasteiger charge is 2.62. The first-order valence-corrected chi connectivity index (χ1v) is 11.5. The van der Waals surface area contributed by atoms with Gasteiger partial charge in [0.05, 0.1) is 33.2 Å². The van der Waals surface area contributed by atoms with Crippen molar-refractivity contribution in [1.82, 2.24) is 0 Å². The molecule has 1 aliphatic heterocycles. The number of fused-ring (bicyclic) bond motifs is 1. The number of halogens is 1. The third-order valence-electron chi connectivity index (χ3n) is 7.27. The van der Waals surface area contributed by atoms with Crippen LogP contribution in [0.5, 0.6) is 5.75 Å². The molecule has 1 heterocycles. The van der Waals surface area contributed by atoms with Crippen LogP contribution < -0.4 is 0 Å². The zero-order valence-corrected chi connectivity index (χ0v) is 18.8. The lowest BCUT2D eigenvalue weighted by Crippen LogP contribution is -2.43. The molecule has 0 amide bonds. The maximum Gasteiger partial charge on any atom is 0.310 e. The Morgan fingerprint density at radius 1 is 1.00 bits per heavy atom. The van der Waals surface area contributed by atoms with Gasteiger partial charge in [-0.1, -0.05) is 60.7 Å². The number of piperidine rings is 1. The van der Waals surface area contributed by atoms with Crippen molar-refractivity contribution in [1.29, 1.82) is 0 Å². The first kappa shape index (κ1) is 21.7. The molecule has 0 bridgehead atoms. The summed E-state index contributed by atoms with van der Waals surface area (Å²) in [5, 5.41) is 10.7. The summed E-state index contributed by atoms with van der Waals surface area (Å²) in [6.45, 7) is 3.76. The van der Waals surface area contributed by atoms with E-state index in [0.717, 1.165) is 24.1 Å². The second-order valence-electron chi connectivity index (χ2n) is 9.80. The van der Waals surface area contributed by atoms with Crippen LogP contribution in [0.3, 0.4) is 0 Å². The second kappa shape index (κ2) is 8.64. The third kappa shape index (κ3) is 4.64. The number of phenolic OH excluding ortho intramolecular Hbond substituents is 1. The summed E-state index contributed by atoms with van der Waals surface area (Å²) < 4.78 is 19.9. The van der Waals surface area contributed by atoms with Crippen LogP contribution in [0, 0.1) is 23.6 Å². The summed E-state index contributed by atoms with van der Waals surface area (Å²) >= 11 is 0. The largest absolute Gasteiger partial charge is 0.507 e. The van der Waals surface area contributed by atoms with Crippen molar-refractivity contribution >= 4 is 5.97 Å². The predicted molar refractivity (Wildman–Crippen MR) is 125 cm³/mol. The molecular weight excluding hydrogens is 417 g/mol. The van der Waals surface area contributed by atoms with Crippen molar-refractivity contribution in [2.75, 3.05) is 26.7 Å². The standard InChI is InChI=1S/C28H28FNO3/c1-30(15-19-6-3-2-4-7-19)16-24-25(17-30)26(24)18-33-27(31)14-21-8-5-9-23(28(21)32)20-10-12-22(29)13-11-20/h2-13,24-26H,14-18H2,1H3/p+1. The SMILES string of the molecule is C[N+]1(Cc2ccccc2)CC2C(COC(=O)Cc3cccc(-c4ccc(F)cc4)c3O)C2C1. The minimum absolute atomic E-state index is 0.0186. The molecule has 2 atom stereocenters. The van der Waals surface area contributed by atoms with Gasteiger partial charge in [-0.05, 0) is 17.7 Å². The number of hydrogen-bond donors (Lipinski definition) is 1. The highest BCUT2D eigenvalue weighted by molar-refractivity contribution is 5.78. The number of nitrogens with zero attached hydrogens (tertiary/aromatic N) is 1. The number of aromatic hydroxyl groups is 1. The smallest absolute Gasteiger partial charge is 0.310 e. The molecule has 0 radical (unpaired) electrons. The predicted octanol–water partition coefficient (Wildman–Crippen LogP) is 4.81. The van der Waals surface area contributed by atoms with Crippen molar-refractivity contribution in [3.8, 4) is 16.9 Å². The number of esters is 1. The van der Waals surface area contributed by atoms with E-state index in [9.17, 15) is 14.3 Å². The van der Waals surface area contributed by atoms with E-state index in [1.807, 2.05) is 6.07 Å². The molecule has 5 heteroatoms. The fourth-order valence-corrected chi connectivity index (χ4v) is 5.55. The minimum atomic E-state index is -0.331. The van der Waals surface area contributed by atoms with Gasteiger partial charge in [0.15, 0.2) is 0 Å². The van der Waals surface area contributed by atoms with Crippen molar-refractivity contribution in [3.63, 3.8) is 0 Å². The van der Waals surface area contributed by atoms with E-state index < -0.39 is 0 Å². The Morgan fingerprint density at radius 3 is 2.39 bits per heavy atom. The van der Waals surface area contributed by atoms with Gasteiger partial charge in [0.1, 0.15) is 18.1 Å². The molecule has 3 aromatic rings. The zero-order chi connectivity index (χ0) is 23.0. The summed E-state index contributed by atoms with van der Waals surface area (Å²) in [6.07, 6.45) is 0.0186. The maximum atomic E-state index is 13.2. The topological polar surface area (TPSA) is 46.5 Å². The van der Waals surface area contributed by atoms with Crippen LogP contribution in [0.15, 0.2) is 72.8 Å². The molecule has 0 aromatic heterocycles. The molecule has 2 unspecified atom stereocenters. The first-order chi connectivity index (χ1) is 15.9. The normalized spacial score (nSPS) is 25.5. The Labute approximate surface area is 193 Å². The highest BCUT2D eigenvalue weighted by atomic mass is 19.1. The van der Waals surface area contributed by atoms with Crippen molar-refractivity contribution in [2.45, 2.75) is 13.0 Å². The van der Waals surface area contributed by atoms with E-state index in [2.05, 4.69) is 31.3 Å². The quantitative estimate of drug-likeness (QED) is 0.419. The van der Waals surface area contributed by atoms with E-state index in [1.165, 1.54) is 17.7 Å². The van der Waals surface area contributed by atoms with Gasteiger partial charge in [-0.3, -0.25) is 4.79 Å². The summed E-state index contributed by atoms with van der Waals surface area (Å²) in [5.41, 5.74) is 3.16. The van der Waals surface area contributed by atoms with Crippen molar-refractivity contribution < 1.29 is 23.5 Å². The Balaban J connectivity index is 1.13. The lowest BCUT2D eigenvalue weighted by atomic mass is 10.00. The van der Waals surface area contributed by atoms with Crippen molar-refractivity contribution in [3.05, 3.63) is 89.7 Å². The average molecular weight is 447 g/mol. The summed E-state index contributed by atoms with van der Waals surface area (Å²) in [4.78, 5) is 12.5. The van der Waals surface area contributed by atoms with Gasteiger partial charge in [0, 0.05) is 34.4 Å². The van der Waals surface area contributed by atoms with Gasteiger partial charge >= 0.3 is 5.97 Å². The van der Waals surface area contributed by atoms with Crippen LogP contribution in [0.2, 0.25) is 0 Å². The van der Waals surface area contributed by atoms with Crippen LogP contribution in [-0.2, 0) is 22.5 Å². The van der Waals surface area contributed by atoms with Gasteiger partial charge in [-0.15, -0.1) is 0 Å². The number of rotatable bonds is 7. The number of carbonyl (C=O) groups is 1. The van der Waals surface area contributed by atoms with Crippen LogP contribution in [0.1, 0.15) is 11.1 Å². The lowest BCUT2D eigenvalue weighted by molar-refractivity contribution is -0.916. The van der Waals surface area contributed by atoms with Gasteiger partial charge < -0.3 is 14.3 Å². The Hall–Kier alpha value is -3.18. The van der Waals surface area contributed by atoms with Gasteiger partial charge in [0.2, 0.25) is 0 Å². The molecule has 1 N–H and O–H groups in total. The van der Waals surface area contributed by atoms with Crippen LogP contribution >= 0.6 is 0 Å². The Bertz CT molecular complexity index is 1130. The monoisotopic (exact) mass is 446 g/mol. The van der Waals surface area contributed by atoms with E-state index in [4.69, 9.17) is 4.74 Å². The molecule has 0 spiro atoms. The molecule has 5 rings (SSSR count). The molecule has 170 valence electrons. The van der Waals surface area contributed by atoms with Gasteiger partial charge in [-0.2, -0.15) is 0 Å². The second-order valence-corrected chi connectivity index (χ2v) is 9.80. The van der Waals surface area contributed by atoms with Crippen LogP contribution in [0.25, 0.3) is 11.1 Å². The molecule has 33 heavy (non-hydrogen) atoms. The Kier molecular flexibility index (Phi) is 5.67. The van der Waals surface area contributed by atoms with Crippen molar-refractivity contribution in [2.24, 2.45) is 17.8 Å². The van der Waals surface area contributed by atoms with E-state index >= 15 is 0 Å².